The van der Waals surface area contributed by atoms with Crippen LogP contribution in [0.5, 0.6) is 0 Å². The number of hydrogen-bond acceptors (Lipinski definition) is 2. The lowest BCUT2D eigenvalue weighted by atomic mass is 9.97. The van der Waals surface area contributed by atoms with E-state index in [0.29, 0.717) is 6.04 Å². The Morgan fingerprint density at radius 1 is 1.27 bits per heavy atom. The first-order valence-electron chi connectivity index (χ1n) is 5.82. The lowest BCUT2D eigenvalue weighted by Gasteiger charge is -2.28. The summed E-state index contributed by atoms with van der Waals surface area (Å²) in [4.78, 5) is 0. The van der Waals surface area contributed by atoms with Gasteiger partial charge < -0.3 is 10.6 Å². The minimum absolute atomic E-state index is 0.633. The van der Waals surface area contributed by atoms with E-state index in [1.807, 2.05) is 0 Å². The Bertz CT molecular complexity index is 284. The van der Waals surface area contributed by atoms with Gasteiger partial charge in [0.05, 0.1) is 0 Å². The van der Waals surface area contributed by atoms with Crippen molar-refractivity contribution in [2.75, 3.05) is 13.1 Å². The van der Waals surface area contributed by atoms with Crippen molar-refractivity contribution in [2.45, 2.75) is 25.9 Å². The van der Waals surface area contributed by atoms with Crippen LogP contribution >= 0.6 is 0 Å². The van der Waals surface area contributed by atoms with Crippen molar-refractivity contribution in [2.24, 2.45) is 5.92 Å². The average Bonchev–Trinajstić information content (AvgIpc) is 2.28. The second-order valence-corrected chi connectivity index (χ2v) is 4.56. The van der Waals surface area contributed by atoms with Crippen LogP contribution in [0.25, 0.3) is 0 Å². The van der Waals surface area contributed by atoms with Gasteiger partial charge >= 0.3 is 0 Å². The van der Waals surface area contributed by atoms with Crippen molar-refractivity contribution >= 4 is 0 Å². The zero-order valence-electron chi connectivity index (χ0n) is 9.37. The van der Waals surface area contributed by atoms with Crippen LogP contribution in [0.2, 0.25) is 0 Å². The minimum atomic E-state index is 0.633. The van der Waals surface area contributed by atoms with E-state index < -0.39 is 0 Å². The van der Waals surface area contributed by atoms with E-state index in [9.17, 15) is 0 Å². The highest BCUT2D eigenvalue weighted by atomic mass is 15.0. The Labute approximate surface area is 92.1 Å². The third-order valence-electron chi connectivity index (χ3n) is 3.01. The van der Waals surface area contributed by atoms with Crippen LogP contribution < -0.4 is 10.6 Å². The van der Waals surface area contributed by atoms with Crippen molar-refractivity contribution in [3.05, 3.63) is 35.9 Å². The largest absolute Gasteiger partial charge is 0.315 e. The van der Waals surface area contributed by atoms with E-state index >= 15 is 0 Å². The third-order valence-corrected chi connectivity index (χ3v) is 3.01. The molecule has 2 nitrogen and oxygen atoms in total. The Hall–Kier alpha value is -0.860. The van der Waals surface area contributed by atoms with Crippen molar-refractivity contribution in [1.82, 2.24) is 10.6 Å². The predicted octanol–water partition coefficient (Wildman–Crippen LogP) is 1.77. The zero-order valence-corrected chi connectivity index (χ0v) is 9.37. The van der Waals surface area contributed by atoms with E-state index in [-0.39, 0.29) is 0 Å². The van der Waals surface area contributed by atoms with Crippen molar-refractivity contribution in [1.29, 1.82) is 0 Å². The monoisotopic (exact) mass is 204 g/mol. The molecule has 0 spiro atoms. The Balaban J connectivity index is 1.78. The fourth-order valence-corrected chi connectivity index (χ4v) is 2.17. The van der Waals surface area contributed by atoms with Crippen LogP contribution in [0, 0.1) is 5.92 Å². The number of piperidine rings is 1. The van der Waals surface area contributed by atoms with Gasteiger partial charge in [-0.15, -0.1) is 0 Å². The molecule has 2 N–H and O–H groups in total. The summed E-state index contributed by atoms with van der Waals surface area (Å²) in [5.74, 6) is 0.798. The molecule has 1 unspecified atom stereocenters. The highest BCUT2D eigenvalue weighted by molar-refractivity contribution is 5.14. The number of benzene rings is 1. The van der Waals surface area contributed by atoms with Gasteiger partial charge in [0.25, 0.3) is 0 Å². The van der Waals surface area contributed by atoms with E-state index in [1.54, 1.807) is 0 Å². The standard InChI is InChI=1S/C13H20N2/c1-11-7-13(10-14-8-11)15-9-12-5-3-2-4-6-12/h2-6,11,13-15H,7-10H2,1H3/t11-,13?/m1/s1. The fraction of sp³-hybridized carbons (Fsp3) is 0.538. The average molecular weight is 204 g/mol. The van der Waals surface area contributed by atoms with Crippen LogP contribution in [0.15, 0.2) is 30.3 Å². The summed E-state index contributed by atoms with van der Waals surface area (Å²) < 4.78 is 0. The van der Waals surface area contributed by atoms with Gasteiger partial charge in [-0.1, -0.05) is 37.3 Å². The summed E-state index contributed by atoms with van der Waals surface area (Å²) in [6.45, 7) is 5.57. The summed E-state index contributed by atoms with van der Waals surface area (Å²) in [6.07, 6.45) is 1.29. The van der Waals surface area contributed by atoms with E-state index in [2.05, 4.69) is 47.9 Å². The SMILES string of the molecule is C[C@H]1CNCC(NCc2ccccc2)C1. The van der Waals surface area contributed by atoms with Gasteiger partial charge in [0, 0.05) is 19.1 Å². The Morgan fingerprint density at radius 2 is 2.07 bits per heavy atom. The number of rotatable bonds is 3. The summed E-state index contributed by atoms with van der Waals surface area (Å²) in [5, 5.41) is 7.06. The van der Waals surface area contributed by atoms with Gasteiger partial charge in [-0.3, -0.25) is 0 Å². The molecule has 1 aromatic carbocycles. The van der Waals surface area contributed by atoms with Gasteiger partial charge in [0.1, 0.15) is 0 Å². The maximum Gasteiger partial charge on any atom is 0.0208 e. The van der Waals surface area contributed by atoms with Gasteiger partial charge in [0.15, 0.2) is 0 Å². The zero-order chi connectivity index (χ0) is 10.5. The molecule has 1 aromatic rings. The normalized spacial score (nSPS) is 26.5. The van der Waals surface area contributed by atoms with Crippen LogP contribution in [0.3, 0.4) is 0 Å². The molecular weight excluding hydrogens is 184 g/mol. The molecule has 1 aliphatic heterocycles. The molecule has 1 aliphatic rings. The molecule has 1 heterocycles. The van der Waals surface area contributed by atoms with Crippen molar-refractivity contribution in [3.8, 4) is 0 Å². The molecule has 1 saturated heterocycles. The molecule has 0 radical (unpaired) electrons. The van der Waals surface area contributed by atoms with E-state index in [0.717, 1.165) is 19.0 Å². The number of hydrogen-bond donors (Lipinski definition) is 2. The summed E-state index contributed by atoms with van der Waals surface area (Å²) >= 11 is 0. The highest BCUT2D eigenvalue weighted by Gasteiger charge is 2.17. The summed E-state index contributed by atoms with van der Waals surface area (Å²) in [7, 11) is 0. The quantitative estimate of drug-likeness (QED) is 0.784. The van der Waals surface area contributed by atoms with Crippen LogP contribution in [0.4, 0.5) is 0 Å². The molecule has 1 fully saturated rings. The lowest BCUT2D eigenvalue weighted by molar-refractivity contribution is 0.319. The van der Waals surface area contributed by atoms with E-state index in [4.69, 9.17) is 0 Å². The molecule has 2 atom stereocenters. The molecule has 0 saturated carbocycles. The molecule has 0 aromatic heterocycles. The highest BCUT2D eigenvalue weighted by Crippen LogP contribution is 2.10. The molecule has 0 aliphatic carbocycles. The van der Waals surface area contributed by atoms with Crippen LogP contribution in [-0.2, 0) is 6.54 Å². The van der Waals surface area contributed by atoms with Gasteiger partial charge in [-0.25, -0.2) is 0 Å². The number of nitrogens with one attached hydrogen (secondary N) is 2. The molecule has 2 heteroatoms. The molecule has 0 bridgehead atoms. The minimum Gasteiger partial charge on any atom is -0.315 e. The third kappa shape index (κ3) is 3.33. The van der Waals surface area contributed by atoms with Gasteiger partial charge in [-0.05, 0) is 24.4 Å². The van der Waals surface area contributed by atoms with E-state index in [1.165, 1.54) is 18.5 Å². The van der Waals surface area contributed by atoms with Crippen LogP contribution in [0.1, 0.15) is 18.9 Å². The molecular formula is C13H20N2. The summed E-state index contributed by atoms with van der Waals surface area (Å²) in [6, 6.07) is 11.2. The Kier molecular flexibility index (Phi) is 3.75. The second kappa shape index (κ2) is 5.29. The first kappa shape index (κ1) is 10.7. The maximum absolute atomic E-state index is 3.61. The Morgan fingerprint density at radius 3 is 2.80 bits per heavy atom. The first-order chi connectivity index (χ1) is 7.34. The maximum atomic E-state index is 3.61. The lowest BCUT2D eigenvalue weighted by Crippen LogP contribution is -2.45. The second-order valence-electron chi connectivity index (χ2n) is 4.56. The fourth-order valence-electron chi connectivity index (χ4n) is 2.17. The van der Waals surface area contributed by atoms with Gasteiger partial charge in [-0.2, -0.15) is 0 Å². The molecule has 15 heavy (non-hydrogen) atoms. The molecule has 0 amide bonds. The van der Waals surface area contributed by atoms with Gasteiger partial charge in [0.2, 0.25) is 0 Å². The van der Waals surface area contributed by atoms with Crippen molar-refractivity contribution < 1.29 is 0 Å². The predicted molar refractivity (Wildman–Crippen MR) is 63.7 cm³/mol. The first-order valence-corrected chi connectivity index (χ1v) is 5.82. The smallest absolute Gasteiger partial charge is 0.0208 e. The summed E-state index contributed by atoms with van der Waals surface area (Å²) in [5.41, 5.74) is 1.37. The molecule has 2 rings (SSSR count). The molecule has 82 valence electrons. The van der Waals surface area contributed by atoms with Crippen LogP contribution in [-0.4, -0.2) is 19.1 Å². The van der Waals surface area contributed by atoms with Crippen molar-refractivity contribution in [3.63, 3.8) is 0 Å². The topological polar surface area (TPSA) is 24.1 Å².